The van der Waals surface area contributed by atoms with E-state index in [9.17, 15) is 0 Å². The monoisotopic (exact) mass is 606 g/mol. The average molecular weight is 607 g/mol. The van der Waals surface area contributed by atoms with Crippen molar-refractivity contribution in [3.63, 3.8) is 0 Å². The summed E-state index contributed by atoms with van der Waals surface area (Å²) < 4.78 is 5.16. The van der Waals surface area contributed by atoms with E-state index in [2.05, 4.69) is 137 Å². The van der Waals surface area contributed by atoms with Crippen LogP contribution in [0.4, 0.5) is 0 Å². The highest BCUT2D eigenvalue weighted by atomic mass is 31.0. The minimum absolute atomic E-state index is 0.126. The Labute approximate surface area is 267 Å². The van der Waals surface area contributed by atoms with Gasteiger partial charge in [0.2, 0.25) is 0 Å². The van der Waals surface area contributed by atoms with E-state index in [4.69, 9.17) is 14.7 Å². The fraction of sp³-hybridized carbons (Fsp3) is 0.100. The maximum Gasteiger partial charge on any atom is 0.707 e. The van der Waals surface area contributed by atoms with E-state index in [-0.39, 0.29) is 5.16 Å². The summed E-state index contributed by atoms with van der Waals surface area (Å²) in [4.78, 5) is 0. The van der Waals surface area contributed by atoms with E-state index >= 15 is 0 Å². The van der Waals surface area contributed by atoms with Gasteiger partial charge in [-0.05, 0) is 68.2 Å². The van der Waals surface area contributed by atoms with Crippen molar-refractivity contribution in [3.8, 4) is 5.75 Å². The van der Waals surface area contributed by atoms with Crippen LogP contribution in [-0.4, -0.2) is 17.4 Å². The lowest BCUT2D eigenvalue weighted by molar-refractivity contribution is 0.289. The number of benzene rings is 7. The van der Waals surface area contributed by atoms with Gasteiger partial charge in [-0.3, -0.25) is 0 Å². The van der Waals surface area contributed by atoms with Crippen molar-refractivity contribution in [3.05, 3.63) is 174 Å². The lowest BCUT2D eigenvalue weighted by atomic mass is 9.75. The van der Waals surface area contributed by atoms with E-state index in [1.807, 2.05) is 30.3 Å². The van der Waals surface area contributed by atoms with Crippen molar-refractivity contribution in [1.82, 2.24) is 0 Å². The highest BCUT2D eigenvalue weighted by molar-refractivity contribution is 7.19. The number of hydrogen-bond acceptors (Lipinski definition) is 3. The van der Waals surface area contributed by atoms with Crippen LogP contribution >= 0.6 is 9.24 Å². The predicted octanol–water partition coefficient (Wildman–Crippen LogP) is 9.49. The molecule has 45 heavy (non-hydrogen) atoms. The molecule has 7 rings (SSSR count). The molecule has 2 N–H and O–H groups in total. The van der Waals surface area contributed by atoms with Crippen LogP contribution in [0.1, 0.15) is 36.0 Å². The first-order chi connectivity index (χ1) is 22.0. The molecule has 2 atom stereocenters. The van der Waals surface area contributed by atoms with Crippen LogP contribution in [0.2, 0.25) is 0 Å². The van der Waals surface area contributed by atoms with E-state index in [0.29, 0.717) is 11.7 Å². The second-order valence-corrected chi connectivity index (χ2v) is 12.2. The number of rotatable bonds is 7. The lowest BCUT2D eigenvalue weighted by Gasteiger charge is -2.39. The van der Waals surface area contributed by atoms with Crippen LogP contribution in [-0.2, 0) is 5.16 Å². The predicted molar refractivity (Wildman–Crippen MR) is 193 cm³/mol. The molecule has 0 aromatic heterocycles. The van der Waals surface area contributed by atoms with Gasteiger partial charge in [0.25, 0.3) is 0 Å². The molecule has 0 bridgehead atoms. The lowest BCUT2D eigenvalue weighted by Crippen LogP contribution is -2.28. The third kappa shape index (κ3) is 6.37. The van der Waals surface area contributed by atoms with Crippen LogP contribution in [0.5, 0.6) is 5.75 Å². The second kappa shape index (κ2) is 13.7. The van der Waals surface area contributed by atoms with Gasteiger partial charge < -0.3 is 14.7 Å². The fourth-order valence-corrected chi connectivity index (χ4v) is 7.29. The van der Waals surface area contributed by atoms with Crippen molar-refractivity contribution < 1.29 is 14.7 Å². The minimum atomic E-state index is -1.83. The van der Waals surface area contributed by atoms with Gasteiger partial charge in [0.05, 0.1) is 0 Å². The van der Waals surface area contributed by atoms with Gasteiger partial charge in [0, 0.05) is 16.5 Å². The Balaban J connectivity index is 0.000000159. The maximum absolute atomic E-state index is 9.14. The highest BCUT2D eigenvalue weighted by Gasteiger charge is 2.37. The van der Waals surface area contributed by atoms with Crippen molar-refractivity contribution >= 4 is 48.9 Å². The van der Waals surface area contributed by atoms with Crippen LogP contribution < -0.4 is 4.65 Å². The van der Waals surface area contributed by atoms with Gasteiger partial charge in [-0.15, -0.1) is 9.24 Å². The largest absolute Gasteiger partial charge is 0.707 e. The van der Waals surface area contributed by atoms with Crippen LogP contribution in [0.15, 0.2) is 158 Å². The normalized spacial score (nSPS) is 12.0. The molecule has 0 saturated carbocycles. The molecule has 0 amide bonds. The second-order valence-electron chi connectivity index (χ2n) is 11.3. The molecule has 0 spiro atoms. The molecule has 0 fully saturated rings. The standard InChI is InChI=1S/C22H23P.C18H13BO3/c1-2-21(18-12-6-3-7-13-18)22(23,19-14-8-4-9-15-19)20-16-10-5-11-17-20;20-19(21)22-17-7-3-6-12-8-9-15-10-13-4-1-2-5-14(13)11-16(15)18(12)17/h3-17,21H,2,23H2,1H3;1-11,20-21H. The Kier molecular flexibility index (Phi) is 9.28. The van der Waals surface area contributed by atoms with Gasteiger partial charge in [-0.1, -0.05) is 146 Å². The maximum atomic E-state index is 9.14. The molecule has 222 valence electrons. The molecular formula is C40H36BO3P. The first-order valence-electron chi connectivity index (χ1n) is 15.3. The van der Waals surface area contributed by atoms with Gasteiger partial charge in [0.1, 0.15) is 5.75 Å². The van der Waals surface area contributed by atoms with Gasteiger partial charge in [-0.25, -0.2) is 0 Å². The van der Waals surface area contributed by atoms with E-state index in [0.717, 1.165) is 33.4 Å². The van der Waals surface area contributed by atoms with Gasteiger partial charge in [-0.2, -0.15) is 0 Å². The molecule has 3 nitrogen and oxygen atoms in total. The molecule has 0 aliphatic heterocycles. The Morgan fingerprint density at radius 2 is 1.11 bits per heavy atom. The van der Waals surface area contributed by atoms with E-state index in [1.165, 1.54) is 22.1 Å². The summed E-state index contributed by atoms with van der Waals surface area (Å²) in [6.45, 7) is 2.28. The molecular weight excluding hydrogens is 570 g/mol. The molecule has 0 radical (unpaired) electrons. The van der Waals surface area contributed by atoms with Crippen LogP contribution in [0, 0.1) is 0 Å². The summed E-state index contributed by atoms with van der Waals surface area (Å²) in [5.41, 5.74) is 4.07. The molecule has 0 heterocycles. The van der Waals surface area contributed by atoms with Crippen molar-refractivity contribution in [2.75, 3.05) is 0 Å². The quantitative estimate of drug-likeness (QED) is 0.0823. The van der Waals surface area contributed by atoms with Crippen LogP contribution in [0.25, 0.3) is 32.3 Å². The Bertz CT molecular complexity index is 1980. The molecule has 0 aliphatic rings. The third-order valence-electron chi connectivity index (χ3n) is 8.58. The number of fused-ring (bicyclic) bond motifs is 4. The minimum Gasteiger partial charge on any atom is -0.511 e. The average Bonchev–Trinajstić information content (AvgIpc) is 3.09. The molecule has 0 aliphatic carbocycles. The molecule has 2 unspecified atom stereocenters. The first kappa shape index (κ1) is 30.6. The Morgan fingerprint density at radius 3 is 1.69 bits per heavy atom. The number of hydrogen-bond donors (Lipinski definition) is 2. The molecule has 0 saturated heterocycles. The van der Waals surface area contributed by atoms with E-state index in [1.54, 1.807) is 6.07 Å². The van der Waals surface area contributed by atoms with Gasteiger partial charge in [0.15, 0.2) is 0 Å². The summed E-state index contributed by atoms with van der Waals surface area (Å²) >= 11 is 0. The zero-order valence-electron chi connectivity index (χ0n) is 25.3. The molecule has 7 aromatic carbocycles. The van der Waals surface area contributed by atoms with E-state index < -0.39 is 7.32 Å². The van der Waals surface area contributed by atoms with Crippen molar-refractivity contribution in [2.45, 2.75) is 24.4 Å². The van der Waals surface area contributed by atoms with Crippen LogP contribution in [0.3, 0.4) is 0 Å². The SMILES string of the molecule is CCC(c1ccccc1)C(P)(c1ccccc1)c1ccccc1.OB(O)Oc1cccc2ccc3cc4ccccc4cc3c12. The summed E-state index contributed by atoms with van der Waals surface area (Å²) in [6, 6.07) is 54.6. The summed E-state index contributed by atoms with van der Waals surface area (Å²) in [5.74, 6) is 0.867. The Hall–Kier alpha value is -4.47. The summed E-state index contributed by atoms with van der Waals surface area (Å²) in [5, 5.41) is 24.5. The zero-order valence-corrected chi connectivity index (χ0v) is 26.4. The smallest absolute Gasteiger partial charge is 0.511 e. The molecule has 5 heteroatoms. The van der Waals surface area contributed by atoms with Gasteiger partial charge >= 0.3 is 7.32 Å². The summed E-state index contributed by atoms with van der Waals surface area (Å²) in [7, 11) is 1.35. The van der Waals surface area contributed by atoms with Crippen molar-refractivity contribution in [2.24, 2.45) is 0 Å². The molecule has 7 aromatic rings. The zero-order chi connectivity index (χ0) is 31.2. The third-order valence-corrected chi connectivity index (χ3v) is 9.65. The van der Waals surface area contributed by atoms with Crippen molar-refractivity contribution in [1.29, 1.82) is 0 Å². The summed E-state index contributed by atoms with van der Waals surface area (Å²) in [6.07, 6.45) is 1.08. The first-order valence-corrected chi connectivity index (χ1v) is 15.9. The fourth-order valence-electron chi connectivity index (χ4n) is 6.48. The Morgan fingerprint density at radius 1 is 0.600 bits per heavy atom. The topological polar surface area (TPSA) is 49.7 Å². The highest BCUT2D eigenvalue weighted by Crippen LogP contribution is 2.51.